The second-order valence-corrected chi connectivity index (χ2v) is 5.50. The zero-order valence-electron chi connectivity index (χ0n) is 11.9. The molecule has 1 heterocycles. The first-order valence-corrected chi connectivity index (χ1v) is 6.96. The highest BCUT2D eigenvalue weighted by molar-refractivity contribution is 7.71. The molecule has 0 unspecified atom stereocenters. The summed E-state index contributed by atoms with van der Waals surface area (Å²) in [6.07, 6.45) is 0.809. The molecule has 1 aromatic carbocycles. The molecular formula is C14H17N3O3S. The van der Waals surface area contributed by atoms with Crippen LogP contribution in [0.1, 0.15) is 16.8 Å². The summed E-state index contributed by atoms with van der Waals surface area (Å²) in [5.74, 6) is -1.04. The summed E-state index contributed by atoms with van der Waals surface area (Å²) in [5, 5.41) is 9.42. The van der Waals surface area contributed by atoms with Crippen LogP contribution in [0.4, 0.5) is 0 Å². The van der Waals surface area contributed by atoms with E-state index in [0.717, 1.165) is 13.0 Å². The number of aromatic amines is 1. The van der Waals surface area contributed by atoms with E-state index in [1.807, 2.05) is 19.0 Å². The third-order valence-corrected chi connectivity index (χ3v) is 3.54. The molecule has 112 valence electrons. The molecule has 21 heavy (non-hydrogen) atoms. The third kappa shape index (κ3) is 3.37. The molecular weight excluding hydrogens is 290 g/mol. The number of nitrogens with one attached hydrogen (secondary N) is 1. The van der Waals surface area contributed by atoms with E-state index < -0.39 is 5.97 Å². The molecule has 0 aliphatic heterocycles. The Labute approximate surface area is 126 Å². The first-order valence-electron chi connectivity index (χ1n) is 6.55. The Morgan fingerprint density at radius 3 is 2.76 bits per heavy atom. The van der Waals surface area contributed by atoms with Gasteiger partial charge in [-0.1, -0.05) is 0 Å². The van der Waals surface area contributed by atoms with Gasteiger partial charge in [0.1, 0.15) is 0 Å². The van der Waals surface area contributed by atoms with Gasteiger partial charge in [0.05, 0.1) is 16.5 Å². The van der Waals surface area contributed by atoms with Gasteiger partial charge in [0, 0.05) is 6.54 Å². The summed E-state index contributed by atoms with van der Waals surface area (Å²) in [6.45, 7) is 1.39. The lowest BCUT2D eigenvalue weighted by atomic mass is 10.1. The van der Waals surface area contributed by atoms with Crippen molar-refractivity contribution in [3.63, 3.8) is 0 Å². The van der Waals surface area contributed by atoms with Crippen molar-refractivity contribution in [2.75, 3.05) is 20.6 Å². The Kier molecular flexibility index (Phi) is 4.54. The first kappa shape index (κ1) is 15.4. The highest BCUT2D eigenvalue weighted by atomic mass is 32.1. The van der Waals surface area contributed by atoms with E-state index in [0.29, 0.717) is 22.2 Å². The number of hydrogen-bond donors (Lipinski definition) is 2. The summed E-state index contributed by atoms with van der Waals surface area (Å²) in [5.41, 5.74) is 0.385. The lowest BCUT2D eigenvalue weighted by Crippen LogP contribution is -2.24. The number of carbonyl (C=O) groups is 1. The van der Waals surface area contributed by atoms with Crippen LogP contribution in [0.5, 0.6) is 0 Å². The normalized spacial score (nSPS) is 11.2. The average molecular weight is 307 g/mol. The molecule has 1 aromatic heterocycles. The highest BCUT2D eigenvalue weighted by Gasteiger charge is 2.09. The largest absolute Gasteiger partial charge is 0.478 e. The van der Waals surface area contributed by atoms with E-state index >= 15 is 0 Å². The maximum Gasteiger partial charge on any atom is 0.335 e. The summed E-state index contributed by atoms with van der Waals surface area (Å²) >= 11 is 5.20. The van der Waals surface area contributed by atoms with Crippen LogP contribution in [-0.4, -0.2) is 46.2 Å². The second kappa shape index (κ2) is 6.19. The van der Waals surface area contributed by atoms with Crippen molar-refractivity contribution in [3.8, 4) is 0 Å². The highest BCUT2D eigenvalue weighted by Crippen LogP contribution is 2.11. The lowest BCUT2D eigenvalue weighted by Gasteiger charge is -2.11. The lowest BCUT2D eigenvalue weighted by molar-refractivity contribution is 0.0697. The second-order valence-electron chi connectivity index (χ2n) is 5.11. The number of aromatic carboxylic acids is 1. The molecule has 0 aliphatic carbocycles. The molecule has 2 N–H and O–H groups in total. The van der Waals surface area contributed by atoms with Crippen molar-refractivity contribution < 1.29 is 9.90 Å². The van der Waals surface area contributed by atoms with E-state index in [-0.39, 0.29) is 11.1 Å². The summed E-state index contributed by atoms with van der Waals surface area (Å²) in [6, 6.07) is 4.38. The Morgan fingerprint density at radius 1 is 1.43 bits per heavy atom. The van der Waals surface area contributed by atoms with Crippen LogP contribution < -0.4 is 5.56 Å². The number of H-pyrrole nitrogens is 1. The molecule has 0 aliphatic rings. The Bertz CT molecular complexity index is 792. The number of carboxylic acid groups (broad SMARTS) is 1. The van der Waals surface area contributed by atoms with Crippen LogP contribution in [0.15, 0.2) is 23.0 Å². The molecule has 2 aromatic rings. The standard InChI is InChI=1S/C14H17N3O3S/c1-16(2)6-3-7-17-12(18)10-5-4-9(13(19)20)8-11(10)15-14(17)21/h4-5,8H,3,6-7H2,1-2H3,(H,15,21)(H,19,20). The SMILES string of the molecule is CN(C)CCCn1c(=S)[nH]c2cc(C(=O)O)ccc2c1=O. The smallest absolute Gasteiger partial charge is 0.335 e. The van der Waals surface area contributed by atoms with Gasteiger partial charge >= 0.3 is 5.97 Å². The molecule has 0 amide bonds. The average Bonchev–Trinajstić information content (AvgIpc) is 2.41. The van der Waals surface area contributed by atoms with E-state index in [2.05, 4.69) is 4.98 Å². The molecule has 7 heteroatoms. The van der Waals surface area contributed by atoms with Crippen LogP contribution in [-0.2, 0) is 6.54 Å². The maximum atomic E-state index is 12.4. The van der Waals surface area contributed by atoms with Gasteiger partial charge in [0.2, 0.25) is 0 Å². The van der Waals surface area contributed by atoms with E-state index in [1.54, 1.807) is 0 Å². The number of hydrogen-bond acceptors (Lipinski definition) is 4. The van der Waals surface area contributed by atoms with Crippen molar-refractivity contribution in [1.29, 1.82) is 0 Å². The van der Waals surface area contributed by atoms with Gasteiger partial charge in [-0.05, 0) is 57.5 Å². The molecule has 0 fully saturated rings. The topological polar surface area (TPSA) is 78.3 Å². The monoisotopic (exact) mass is 307 g/mol. The molecule has 0 saturated heterocycles. The molecule has 0 spiro atoms. The van der Waals surface area contributed by atoms with E-state index in [9.17, 15) is 9.59 Å². The fourth-order valence-electron chi connectivity index (χ4n) is 2.14. The van der Waals surface area contributed by atoms with Gasteiger partial charge in [0.15, 0.2) is 4.77 Å². The zero-order valence-corrected chi connectivity index (χ0v) is 12.7. The van der Waals surface area contributed by atoms with E-state index in [4.69, 9.17) is 17.3 Å². The number of carboxylic acids is 1. The molecule has 6 nitrogen and oxygen atoms in total. The maximum absolute atomic E-state index is 12.4. The predicted octanol–water partition coefficient (Wildman–Crippen LogP) is 1.71. The molecule has 2 rings (SSSR count). The number of benzene rings is 1. The van der Waals surface area contributed by atoms with Crippen LogP contribution in [0.3, 0.4) is 0 Å². The van der Waals surface area contributed by atoms with Crippen molar-refractivity contribution in [3.05, 3.63) is 38.9 Å². The van der Waals surface area contributed by atoms with Gasteiger partial charge in [-0.3, -0.25) is 9.36 Å². The quantitative estimate of drug-likeness (QED) is 0.822. The van der Waals surface area contributed by atoms with Gasteiger partial charge in [-0.25, -0.2) is 4.79 Å². The van der Waals surface area contributed by atoms with Crippen molar-refractivity contribution in [2.45, 2.75) is 13.0 Å². The van der Waals surface area contributed by atoms with Crippen molar-refractivity contribution >= 4 is 29.1 Å². The third-order valence-electron chi connectivity index (χ3n) is 3.22. The minimum absolute atomic E-state index is 0.123. The number of rotatable bonds is 5. The molecule has 0 bridgehead atoms. The summed E-state index contributed by atoms with van der Waals surface area (Å²) < 4.78 is 1.83. The Balaban J connectivity index is 2.46. The van der Waals surface area contributed by atoms with Crippen molar-refractivity contribution in [1.82, 2.24) is 14.5 Å². The zero-order chi connectivity index (χ0) is 15.6. The molecule has 0 saturated carbocycles. The number of aromatic nitrogens is 2. The summed E-state index contributed by atoms with van der Waals surface area (Å²) in [7, 11) is 3.94. The van der Waals surface area contributed by atoms with Crippen LogP contribution >= 0.6 is 12.2 Å². The minimum atomic E-state index is -1.04. The van der Waals surface area contributed by atoms with Crippen molar-refractivity contribution in [2.24, 2.45) is 0 Å². The van der Waals surface area contributed by atoms with Crippen LogP contribution in [0.2, 0.25) is 0 Å². The number of fused-ring (bicyclic) bond motifs is 1. The van der Waals surface area contributed by atoms with Gasteiger partial charge in [-0.2, -0.15) is 0 Å². The predicted molar refractivity (Wildman–Crippen MR) is 83.5 cm³/mol. The van der Waals surface area contributed by atoms with Gasteiger partial charge in [-0.15, -0.1) is 0 Å². The molecule has 0 radical (unpaired) electrons. The fourth-order valence-corrected chi connectivity index (χ4v) is 2.42. The van der Waals surface area contributed by atoms with E-state index in [1.165, 1.54) is 22.8 Å². The van der Waals surface area contributed by atoms with Gasteiger partial charge in [0.25, 0.3) is 5.56 Å². The fraction of sp³-hybridized carbons (Fsp3) is 0.357. The molecule has 0 atom stereocenters. The van der Waals surface area contributed by atoms with Crippen LogP contribution in [0.25, 0.3) is 10.9 Å². The number of nitrogens with zero attached hydrogens (tertiary/aromatic N) is 2. The summed E-state index contributed by atoms with van der Waals surface area (Å²) in [4.78, 5) is 28.4. The van der Waals surface area contributed by atoms with Gasteiger partial charge < -0.3 is 15.0 Å². The Hall–Kier alpha value is -1.99. The Morgan fingerprint density at radius 2 is 2.14 bits per heavy atom. The first-order chi connectivity index (χ1) is 9.90. The van der Waals surface area contributed by atoms with Crippen LogP contribution in [0, 0.1) is 4.77 Å². The minimum Gasteiger partial charge on any atom is -0.478 e.